The molecule has 27 heavy (non-hydrogen) atoms. The topological polar surface area (TPSA) is 98.8 Å². The van der Waals surface area contributed by atoms with Gasteiger partial charge in [-0.3, -0.25) is 5.32 Å². The number of hydrogen-bond acceptors (Lipinski definition) is 6. The fourth-order valence-corrected chi connectivity index (χ4v) is 2.55. The van der Waals surface area contributed by atoms with Crippen LogP contribution in [0.5, 0.6) is 5.75 Å². The van der Waals surface area contributed by atoms with Crippen LogP contribution in [0.1, 0.15) is 52.2 Å². The molecule has 0 fully saturated rings. The molecule has 0 saturated heterocycles. The molecule has 0 spiro atoms. The van der Waals surface area contributed by atoms with E-state index in [1.165, 1.54) is 0 Å². The second kappa shape index (κ2) is 8.70. The lowest BCUT2D eigenvalue weighted by molar-refractivity contribution is 0.0545. The molecule has 7 nitrogen and oxygen atoms in total. The Morgan fingerprint density at radius 3 is 2.89 bits per heavy atom. The fraction of sp³-hybridized carbons (Fsp3) is 0.450. The van der Waals surface area contributed by atoms with Crippen LogP contribution in [-0.4, -0.2) is 29.5 Å². The van der Waals surface area contributed by atoms with Crippen molar-refractivity contribution in [1.82, 2.24) is 10.3 Å². The summed E-state index contributed by atoms with van der Waals surface area (Å²) in [6.45, 7) is 9.97. The Bertz CT molecular complexity index is 789. The number of hydrogen-bond donors (Lipinski definition) is 2. The maximum Gasteiger partial charge on any atom is 0.413 e. The molecule has 2 heterocycles. The molecule has 0 bridgehead atoms. The summed E-state index contributed by atoms with van der Waals surface area (Å²) in [4.78, 5) is 20.5. The van der Waals surface area contributed by atoms with E-state index >= 15 is 0 Å². The third-order valence-electron chi connectivity index (χ3n) is 3.75. The summed E-state index contributed by atoms with van der Waals surface area (Å²) >= 11 is 0. The van der Waals surface area contributed by atoms with Crippen LogP contribution in [0.2, 0.25) is 0 Å². The number of carbonyl (C=O) groups excluding carboxylic acids is 1. The van der Waals surface area contributed by atoms with Crippen molar-refractivity contribution in [3.8, 4) is 5.75 Å². The average molecular weight is 372 g/mol. The number of nitrogens with two attached hydrogens (primary N) is 1. The minimum atomic E-state index is -0.565. The minimum Gasteiger partial charge on any atom is -0.492 e. The standard InChI is InChI=1S/C20H28N4O3/c1-6-7-16(24-19(25)27-20(3,4)5)22-10-8-13(2)15-12-23-18(21)14-9-11-26-17(14)15/h7-8,10,12H,6,9,11H2,1-5H3,(H2,21,23)(H,24,25)/b13-8+,16-7-,22-10-. The van der Waals surface area contributed by atoms with Crippen molar-refractivity contribution in [2.45, 2.75) is 53.1 Å². The first kappa shape index (κ1) is 20.5. The summed E-state index contributed by atoms with van der Waals surface area (Å²) in [5, 5.41) is 2.66. The van der Waals surface area contributed by atoms with Gasteiger partial charge < -0.3 is 15.2 Å². The van der Waals surface area contributed by atoms with Crippen LogP contribution in [0.3, 0.4) is 0 Å². The SMILES string of the molecule is CC/C=C(/N=C\C=C(/C)c1cnc(N)c2c1OCC2)NC(=O)OC(C)(C)C. The number of fused-ring (bicyclic) bond motifs is 1. The molecule has 146 valence electrons. The highest BCUT2D eigenvalue weighted by Gasteiger charge is 2.20. The quantitative estimate of drug-likeness (QED) is 0.765. The van der Waals surface area contributed by atoms with Crippen molar-refractivity contribution >= 4 is 23.7 Å². The number of ether oxygens (including phenoxy) is 2. The van der Waals surface area contributed by atoms with Crippen molar-refractivity contribution in [3.05, 3.63) is 35.3 Å². The normalized spacial score (nSPS) is 14.9. The van der Waals surface area contributed by atoms with Crippen molar-refractivity contribution in [1.29, 1.82) is 0 Å². The number of nitrogen functional groups attached to an aromatic ring is 1. The highest BCUT2D eigenvalue weighted by molar-refractivity contribution is 5.86. The van der Waals surface area contributed by atoms with E-state index in [0.717, 1.165) is 35.3 Å². The van der Waals surface area contributed by atoms with E-state index < -0.39 is 11.7 Å². The van der Waals surface area contributed by atoms with Crippen molar-refractivity contribution in [3.63, 3.8) is 0 Å². The first-order valence-corrected chi connectivity index (χ1v) is 9.03. The van der Waals surface area contributed by atoms with Gasteiger partial charge >= 0.3 is 6.09 Å². The summed E-state index contributed by atoms with van der Waals surface area (Å²) in [7, 11) is 0. The molecule has 0 aliphatic carbocycles. The first-order chi connectivity index (χ1) is 12.7. The third kappa shape index (κ3) is 5.84. The molecule has 0 atom stereocenters. The fourth-order valence-electron chi connectivity index (χ4n) is 2.55. The second-order valence-electron chi connectivity index (χ2n) is 7.22. The number of alkyl carbamates (subject to hydrolysis) is 1. The van der Waals surface area contributed by atoms with Gasteiger partial charge in [-0.25, -0.2) is 14.8 Å². The maximum atomic E-state index is 11.9. The number of amides is 1. The predicted molar refractivity (Wildman–Crippen MR) is 108 cm³/mol. The van der Waals surface area contributed by atoms with Gasteiger partial charge in [0.15, 0.2) is 0 Å². The van der Waals surface area contributed by atoms with Crippen molar-refractivity contribution < 1.29 is 14.3 Å². The van der Waals surface area contributed by atoms with E-state index in [-0.39, 0.29) is 0 Å². The van der Waals surface area contributed by atoms with Crippen LogP contribution in [0.4, 0.5) is 10.6 Å². The van der Waals surface area contributed by atoms with Crippen molar-refractivity contribution in [2.75, 3.05) is 12.3 Å². The lowest BCUT2D eigenvalue weighted by Gasteiger charge is -2.19. The molecule has 0 unspecified atom stereocenters. The number of rotatable bonds is 5. The summed E-state index contributed by atoms with van der Waals surface area (Å²) in [5.74, 6) is 1.75. The maximum absolute atomic E-state index is 11.9. The molecular weight excluding hydrogens is 344 g/mol. The molecule has 1 aromatic rings. The average Bonchev–Trinajstić information content (AvgIpc) is 3.03. The van der Waals surface area contributed by atoms with Crippen LogP contribution in [0, 0.1) is 0 Å². The van der Waals surface area contributed by atoms with E-state index in [9.17, 15) is 4.79 Å². The summed E-state index contributed by atoms with van der Waals surface area (Å²) in [6.07, 6.45) is 7.97. The number of nitrogens with one attached hydrogen (secondary N) is 1. The number of pyridine rings is 1. The molecule has 0 aromatic carbocycles. The highest BCUT2D eigenvalue weighted by atomic mass is 16.6. The number of allylic oxidation sites excluding steroid dienone is 3. The zero-order valence-electron chi connectivity index (χ0n) is 16.6. The van der Waals surface area contributed by atoms with Crippen LogP contribution in [0.15, 0.2) is 29.2 Å². The van der Waals surface area contributed by atoms with Gasteiger partial charge in [0.2, 0.25) is 0 Å². The van der Waals surface area contributed by atoms with E-state index in [4.69, 9.17) is 15.2 Å². The minimum absolute atomic E-state index is 0.438. The van der Waals surface area contributed by atoms with Crippen LogP contribution < -0.4 is 15.8 Å². The Hall–Kier alpha value is -2.83. The Labute approximate surface area is 160 Å². The molecule has 0 radical (unpaired) electrons. The van der Waals surface area contributed by atoms with Gasteiger partial charge in [-0.15, -0.1) is 0 Å². The Balaban J connectivity index is 2.12. The molecule has 0 saturated carbocycles. The zero-order chi connectivity index (χ0) is 20.0. The lowest BCUT2D eigenvalue weighted by Crippen LogP contribution is -2.31. The lowest BCUT2D eigenvalue weighted by atomic mass is 10.0. The van der Waals surface area contributed by atoms with Crippen LogP contribution in [0.25, 0.3) is 5.57 Å². The summed E-state index contributed by atoms with van der Waals surface area (Å²) in [6, 6.07) is 0. The highest BCUT2D eigenvalue weighted by Crippen LogP contribution is 2.35. The number of nitrogens with zero attached hydrogens (tertiary/aromatic N) is 2. The van der Waals surface area contributed by atoms with Gasteiger partial charge in [0.05, 0.1) is 6.61 Å². The van der Waals surface area contributed by atoms with Crippen LogP contribution in [-0.2, 0) is 11.2 Å². The molecule has 1 amide bonds. The van der Waals surface area contributed by atoms with Gasteiger partial charge in [-0.1, -0.05) is 6.92 Å². The second-order valence-corrected chi connectivity index (χ2v) is 7.22. The smallest absolute Gasteiger partial charge is 0.413 e. The third-order valence-corrected chi connectivity index (χ3v) is 3.75. The number of carbonyl (C=O) groups is 1. The van der Waals surface area contributed by atoms with Crippen LogP contribution >= 0.6 is 0 Å². The van der Waals surface area contributed by atoms with E-state index in [0.29, 0.717) is 18.2 Å². The first-order valence-electron chi connectivity index (χ1n) is 9.03. The largest absolute Gasteiger partial charge is 0.492 e. The molecule has 2 rings (SSSR count). The van der Waals surface area contributed by atoms with Gasteiger partial charge in [0, 0.05) is 30.0 Å². The molecule has 1 aliphatic rings. The molecular formula is C20H28N4O3. The summed E-state index contributed by atoms with van der Waals surface area (Å²) in [5.41, 5.74) is 8.13. The Kier molecular flexibility index (Phi) is 6.60. The van der Waals surface area contributed by atoms with Gasteiger partial charge in [0.25, 0.3) is 0 Å². The monoisotopic (exact) mass is 372 g/mol. The number of aliphatic imine (C=N–C) groups is 1. The zero-order valence-corrected chi connectivity index (χ0v) is 16.6. The van der Waals surface area contributed by atoms with Gasteiger partial charge in [-0.2, -0.15) is 0 Å². The molecule has 7 heteroatoms. The van der Waals surface area contributed by atoms with E-state index in [2.05, 4.69) is 15.3 Å². The summed E-state index contributed by atoms with van der Waals surface area (Å²) < 4.78 is 11.0. The molecule has 3 N–H and O–H groups in total. The van der Waals surface area contributed by atoms with Gasteiger partial charge in [0.1, 0.15) is 23.0 Å². The predicted octanol–water partition coefficient (Wildman–Crippen LogP) is 3.85. The van der Waals surface area contributed by atoms with Gasteiger partial charge in [-0.05, 0) is 51.8 Å². The number of anilines is 1. The Morgan fingerprint density at radius 2 is 2.22 bits per heavy atom. The van der Waals surface area contributed by atoms with Crippen molar-refractivity contribution in [2.24, 2.45) is 4.99 Å². The number of aromatic nitrogens is 1. The van der Waals surface area contributed by atoms with E-state index in [1.54, 1.807) is 12.4 Å². The Morgan fingerprint density at radius 1 is 1.48 bits per heavy atom. The molecule has 1 aromatic heterocycles. The van der Waals surface area contributed by atoms with E-state index in [1.807, 2.05) is 46.8 Å². The molecule has 1 aliphatic heterocycles.